The predicted octanol–water partition coefficient (Wildman–Crippen LogP) is 5.00. The topological polar surface area (TPSA) is 40.5 Å². The van der Waals surface area contributed by atoms with Gasteiger partial charge in [0.05, 0.1) is 0 Å². The molecule has 0 spiro atoms. The first-order valence-electron chi connectivity index (χ1n) is 7.31. The highest BCUT2D eigenvalue weighted by atomic mass is 16.3. The van der Waals surface area contributed by atoms with Crippen molar-refractivity contribution in [2.45, 2.75) is 26.7 Å². The molecule has 0 saturated carbocycles. The Bertz CT molecular complexity index is 663. The fourth-order valence-electron chi connectivity index (χ4n) is 2.55. The number of hydrogen-bond acceptors (Lipinski definition) is 2. The molecule has 0 unspecified atom stereocenters. The molecule has 0 aliphatic rings. The van der Waals surface area contributed by atoms with Crippen molar-refractivity contribution in [3.05, 3.63) is 71.8 Å². The van der Waals surface area contributed by atoms with Crippen molar-refractivity contribution >= 4 is 0 Å². The Morgan fingerprint density at radius 3 is 1.45 bits per heavy atom. The highest BCUT2D eigenvalue weighted by Crippen LogP contribution is 2.39. The lowest BCUT2D eigenvalue weighted by molar-refractivity contribution is 0.463. The molecule has 0 radical (unpaired) electrons. The Kier molecular flexibility index (Phi) is 4.71. The third-order valence-electron chi connectivity index (χ3n) is 3.51. The molecule has 114 valence electrons. The van der Waals surface area contributed by atoms with Crippen molar-refractivity contribution in [2.75, 3.05) is 0 Å². The lowest BCUT2D eigenvalue weighted by atomic mass is 9.95. The number of phenols is 2. The van der Waals surface area contributed by atoms with Crippen LogP contribution in [0.4, 0.5) is 0 Å². The van der Waals surface area contributed by atoms with Crippen LogP contribution in [0.5, 0.6) is 11.5 Å². The number of allylic oxidation sites excluding steroid dienone is 2. The van der Waals surface area contributed by atoms with E-state index in [0.717, 1.165) is 22.3 Å². The van der Waals surface area contributed by atoms with E-state index in [-0.39, 0.29) is 11.5 Å². The third-order valence-corrected chi connectivity index (χ3v) is 3.51. The third kappa shape index (κ3) is 3.40. The van der Waals surface area contributed by atoms with Gasteiger partial charge >= 0.3 is 0 Å². The minimum Gasteiger partial charge on any atom is -0.507 e. The normalized spacial score (nSPS) is 10.5. The number of para-hydroxylation sites is 2. The first-order valence-corrected chi connectivity index (χ1v) is 7.31. The summed E-state index contributed by atoms with van der Waals surface area (Å²) in [5.74, 6) is 0.404. The second-order valence-electron chi connectivity index (χ2n) is 5.89. The summed E-state index contributed by atoms with van der Waals surface area (Å²) in [6.07, 6.45) is 1.23. The van der Waals surface area contributed by atoms with Crippen LogP contribution in [0.3, 0.4) is 0 Å². The number of rotatable bonds is 5. The molecule has 0 amide bonds. The standard InChI is InChI=1S/C20H22O2/c1-13(2)11-15-7-5-9-17(19(15)21)18-10-6-8-16(20(18)22)12-14(3)4/h5-10,21-22H,1,3,11-12H2,2,4H3. The zero-order chi connectivity index (χ0) is 16.3. The van der Waals surface area contributed by atoms with Gasteiger partial charge in [-0.2, -0.15) is 0 Å². The van der Waals surface area contributed by atoms with Crippen LogP contribution in [-0.4, -0.2) is 10.2 Å². The number of benzene rings is 2. The zero-order valence-electron chi connectivity index (χ0n) is 13.2. The summed E-state index contributed by atoms with van der Waals surface area (Å²) in [5.41, 5.74) is 4.87. The van der Waals surface area contributed by atoms with Crippen LogP contribution in [0.1, 0.15) is 25.0 Å². The van der Waals surface area contributed by atoms with Gasteiger partial charge < -0.3 is 10.2 Å². The summed E-state index contributed by atoms with van der Waals surface area (Å²) < 4.78 is 0. The van der Waals surface area contributed by atoms with E-state index in [1.54, 1.807) is 0 Å². The van der Waals surface area contributed by atoms with Crippen LogP contribution in [0.25, 0.3) is 11.1 Å². The van der Waals surface area contributed by atoms with Crippen LogP contribution < -0.4 is 0 Å². The second kappa shape index (κ2) is 6.52. The largest absolute Gasteiger partial charge is 0.507 e. The van der Waals surface area contributed by atoms with Crippen LogP contribution in [0.15, 0.2) is 60.7 Å². The summed E-state index contributed by atoms with van der Waals surface area (Å²) in [5, 5.41) is 21.0. The molecule has 2 nitrogen and oxygen atoms in total. The van der Waals surface area contributed by atoms with Crippen molar-refractivity contribution in [1.29, 1.82) is 0 Å². The summed E-state index contributed by atoms with van der Waals surface area (Å²) in [7, 11) is 0. The lowest BCUT2D eigenvalue weighted by Gasteiger charge is -2.13. The second-order valence-corrected chi connectivity index (χ2v) is 5.89. The van der Waals surface area contributed by atoms with E-state index in [2.05, 4.69) is 13.2 Å². The molecule has 2 aromatic rings. The van der Waals surface area contributed by atoms with Gasteiger partial charge in [-0.15, -0.1) is 0 Å². The van der Waals surface area contributed by atoms with Crippen molar-refractivity contribution in [3.63, 3.8) is 0 Å². The van der Waals surface area contributed by atoms with E-state index in [4.69, 9.17) is 0 Å². The molecule has 0 saturated heterocycles. The van der Waals surface area contributed by atoms with Crippen LogP contribution in [0.2, 0.25) is 0 Å². The van der Waals surface area contributed by atoms with E-state index in [9.17, 15) is 10.2 Å². The van der Waals surface area contributed by atoms with Gasteiger partial charge in [-0.1, -0.05) is 60.7 Å². The molecular formula is C20H22O2. The average molecular weight is 294 g/mol. The van der Waals surface area contributed by atoms with Gasteiger partial charge in [0.15, 0.2) is 0 Å². The minimum absolute atomic E-state index is 0.202. The Hall–Kier alpha value is -2.48. The maximum Gasteiger partial charge on any atom is 0.127 e. The Morgan fingerprint density at radius 2 is 1.14 bits per heavy atom. The van der Waals surface area contributed by atoms with Crippen LogP contribution in [0, 0.1) is 0 Å². The maximum absolute atomic E-state index is 10.5. The summed E-state index contributed by atoms with van der Waals surface area (Å²) in [6.45, 7) is 11.6. The molecule has 0 aromatic heterocycles. The zero-order valence-corrected chi connectivity index (χ0v) is 13.2. The van der Waals surface area contributed by atoms with Crippen LogP contribution in [-0.2, 0) is 12.8 Å². The summed E-state index contributed by atoms with van der Waals surface area (Å²) in [4.78, 5) is 0. The van der Waals surface area contributed by atoms with Crippen molar-refractivity contribution in [2.24, 2.45) is 0 Å². The molecule has 22 heavy (non-hydrogen) atoms. The average Bonchev–Trinajstić information content (AvgIpc) is 2.43. The van der Waals surface area contributed by atoms with Gasteiger partial charge in [-0.25, -0.2) is 0 Å². The highest BCUT2D eigenvalue weighted by Gasteiger charge is 2.14. The number of aromatic hydroxyl groups is 2. The monoisotopic (exact) mass is 294 g/mol. The van der Waals surface area contributed by atoms with E-state index >= 15 is 0 Å². The van der Waals surface area contributed by atoms with Gasteiger partial charge in [0.2, 0.25) is 0 Å². The van der Waals surface area contributed by atoms with Gasteiger partial charge in [0, 0.05) is 11.1 Å². The lowest BCUT2D eigenvalue weighted by Crippen LogP contribution is -1.92. The molecule has 0 heterocycles. The fourth-order valence-corrected chi connectivity index (χ4v) is 2.55. The van der Waals surface area contributed by atoms with Gasteiger partial charge in [0.1, 0.15) is 11.5 Å². The molecule has 2 aromatic carbocycles. The van der Waals surface area contributed by atoms with Gasteiger partial charge in [-0.05, 0) is 37.8 Å². The molecule has 0 aliphatic carbocycles. The van der Waals surface area contributed by atoms with E-state index < -0.39 is 0 Å². The van der Waals surface area contributed by atoms with Crippen molar-refractivity contribution in [3.8, 4) is 22.6 Å². The van der Waals surface area contributed by atoms with E-state index in [1.165, 1.54) is 0 Å². The Balaban J connectivity index is 2.53. The molecular weight excluding hydrogens is 272 g/mol. The summed E-state index contributed by atoms with van der Waals surface area (Å²) in [6, 6.07) is 11.2. The van der Waals surface area contributed by atoms with Gasteiger partial charge in [0.25, 0.3) is 0 Å². The quantitative estimate of drug-likeness (QED) is 0.762. The predicted molar refractivity (Wildman–Crippen MR) is 92.2 cm³/mol. The first-order chi connectivity index (χ1) is 10.4. The first kappa shape index (κ1) is 15.9. The molecule has 2 heteroatoms. The van der Waals surface area contributed by atoms with E-state index in [0.29, 0.717) is 24.0 Å². The SMILES string of the molecule is C=C(C)Cc1cccc(-c2cccc(CC(=C)C)c2O)c1O. The van der Waals surface area contributed by atoms with Crippen molar-refractivity contribution in [1.82, 2.24) is 0 Å². The molecule has 0 atom stereocenters. The number of hydrogen-bond donors (Lipinski definition) is 2. The molecule has 2 N–H and O–H groups in total. The van der Waals surface area contributed by atoms with Crippen LogP contribution >= 0.6 is 0 Å². The smallest absolute Gasteiger partial charge is 0.127 e. The molecule has 0 bridgehead atoms. The Labute approximate surface area is 132 Å². The highest BCUT2D eigenvalue weighted by molar-refractivity contribution is 5.77. The maximum atomic E-state index is 10.5. The minimum atomic E-state index is 0.202. The van der Waals surface area contributed by atoms with Gasteiger partial charge in [-0.3, -0.25) is 0 Å². The molecule has 2 rings (SSSR count). The number of phenolic OH excluding ortho intramolecular Hbond substituents is 2. The molecule has 0 aliphatic heterocycles. The van der Waals surface area contributed by atoms with Crippen molar-refractivity contribution < 1.29 is 10.2 Å². The van der Waals surface area contributed by atoms with E-state index in [1.807, 2.05) is 50.2 Å². The fraction of sp³-hybridized carbons (Fsp3) is 0.200. The molecule has 0 fully saturated rings. The Morgan fingerprint density at radius 1 is 0.773 bits per heavy atom. The summed E-state index contributed by atoms with van der Waals surface area (Å²) >= 11 is 0.